The summed E-state index contributed by atoms with van der Waals surface area (Å²) in [6, 6.07) is 5.59. The fourth-order valence-corrected chi connectivity index (χ4v) is 3.02. The van der Waals surface area contributed by atoms with E-state index in [-0.39, 0.29) is 0 Å². The Balaban J connectivity index is 1.86. The lowest BCUT2D eigenvalue weighted by Crippen LogP contribution is -2.16. The molecule has 1 aromatic heterocycles. The molecule has 1 fully saturated rings. The summed E-state index contributed by atoms with van der Waals surface area (Å²) in [6.45, 7) is 0.874. The van der Waals surface area contributed by atoms with Crippen molar-refractivity contribution >= 4 is 5.69 Å². The molecule has 6 nitrogen and oxygen atoms in total. The van der Waals surface area contributed by atoms with Gasteiger partial charge >= 0.3 is 0 Å². The Morgan fingerprint density at radius 3 is 2.81 bits per heavy atom. The number of anilines is 1. The van der Waals surface area contributed by atoms with Crippen LogP contribution in [0.25, 0.3) is 11.4 Å². The normalized spacial score (nSPS) is 16.0. The largest absolute Gasteiger partial charge is 0.497 e. The summed E-state index contributed by atoms with van der Waals surface area (Å²) < 4.78 is 7.16. The van der Waals surface area contributed by atoms with Gasteiger partial charge in [0.2, 0.25) is 0 Å². The number of tetrazole rings is 1. The number of nitrogens with zero attached hydrogens (tertiary/aromatic N) is 4. The predicted molar refractivity (Wildman–Crippen MR) is 80.8 cm³/mol. The van der Waals surface area contributed by atoms with Gasteiger partial charge in [-0.2, -0.15) is 0 Å². The predicted octanol–water partition coefficient (Wildman–Crippen LogP) is 2.51. The summed E-state index contributed by atoms with van der Waals surface area (Å²) in [6.07, 6.45) is 6.51. The summed E-state index contributed by atoms with van der Waals surface area (Å²) in [5, 5.41) is 12.1. The van der Waals surface area contributed by atoms with Crippen molar-refractivity contribution in [2.24, 2.45) is 5.92 Å². The number of nitrogen functional groups attached to an aromatic ring is 1. The molecule has 0 radical (unpaired) electrons. The van der Waals surface area contributed by atoms with E-state index in [0.29, 0.717) is 11.6 Å². The maximum Gasteiger partial charge on any atom is 0.182 e. The first-order valence-corrected chi connectivity index (χ1v) is 7.47. The Bertz CT molecular complexity index is 604. The van der Waals surface area contributed by atoms with Crippen molar-refractivity contribution in [3.63, 3.8) is 0 Å². The van der Waals surface area contributed by atoms with Crippen LogP contribution in [0.3, 0.4) is 0 Å². The van der Waals surface area contributed by atoms with Gasteiger partial charge in [0, 0.05) is 23.9 Å². The van der Waals surface area contributed by atoms with Gasteiger partial charge in [-0.3, -0.25) is 0 Å². The zero-order valence-electron chi connectivity index (χ0n) is 12.3. The minimum atomic E-state index is 0.650. The minimum absolute atomic E-state index is 0.650. The van der Waals surface area contributed by atoms with E-state index in [1.165, 1.54) is 32.1 Å². The van der Waals surface area contributed by atoms with Crippen LogP contribution in [-0.2, 0) is 6.54 Å². The third-order valence-electron chi connectivity index (χ3n) is 4.11. The molecule has 1 aromatic carbocycles. The zero-order chi connectivity index (χ0) is 14.7. The first-order valence-electron chi connectivity index (χ1n) is 7.47. The molecule has 3 rings (SSSR count). The summed E-state index contributed by atoms with van der Waals surface area (Å²) in [5.74, 6) is 2.15. The van der Waals surface area contributed by atoms with Crippen molar-refractivity contribution < 1.29 is 4.74 Å². The van der Waals surface area contributed by atoms with Crippen LogP contribution in [0.5, 0.6) is 5.75 Å². The number of ether oxygens (including phenoxy) is 1. The van der Waals surface area contributed by atoms with Crippen LogP contribution in [0.1, 0.15) is 32.1 Å². The molecule has 0 aliphatic heterocycles. The van der Waals surface area contributed by atoms with Crippen LogP contribution in [-0.4, -0.2) is 27.3 Å². The zero-order valence-corrected chi connectivity index (χ0v) is 12.3. The molecule has 0 spiro atoms. The number of hydrogen-bond donors (Lipinski definition) is 1. The van der Waals surface area contributed by atoms with Crippen molar-refractivity contribution in [2.75, 3.05) is 12.8 Å². The number of hydrogen-bond acceptors (Lipinski definition) is 5. The average molecular weight is 287 g/mol. The number of rotatable bonds is 4. The van der Waals surface area contributed by atoms with Crippen LogP contribution in [0, 0.1) is 5.92 Å². The first-order chi connectivity index (χ1) is 10.3. The highest BCUT2D eigenvalue weighted by Gasteiger charge is 2.18. The van der Waals surface area contributed by atoms with Crippen LogP contribution >= 0.6 is 0 Å². The summed E-state index contributed by atoms with van der Waals surface area (Å²) in [7, 11) is 1.63. The van der Waals surface area contributed by atoms with Crippen molar-refractivity contribution in [1.29, 1.82) is 0 Å². The molecule has 0 saturated heterocycles. The van der Waals surface area contributed by atoms with Gasteiger partial charge in [0.1, 0.15) is 5.75 Å². The van der Waals surface area contributed by atoms with Crippen molar-refractivity contribution in [3.8, 4) is 17.1 Å². The standard InChI is InChI=1S/C15H21N5O/c1-21-14-8-12(7-13(16)9-14)15-17-18-19-20(15)10-11-5-3-2-4-6-11/h7-9,11H,2-6,10,16H2,1H3. The summed E-state index contributed by atoms with van der Waals surface area (Å²) >= 11 is 0. The second kappa shape index (κ2) is 6.11. The molecule has 0 atom stereocenters. The number of aromatic nitrogens is 4. The number of benzene rings is 1. The molecule has 1 aliphatic rings. The lowest BCUT2D eigenvalue weighted by molar-refractivity contribution is 0.307. The van der Waals surface area contributed by atoms with Gasteiger partial charge in [-0.25, -0.2) is 4.68 Å². The van der Waals surface area contributed by atoms with E-state index in [1.54, 1.807) is 13.2 Å². The summed E-state index contributed by atoms with van der Waals surface area (Å²) in [4.78, 5) is 0. The lowest BCUT2D eigenvalue weighted by atomic mass is 9.89. The number of methoxy groups -OCH3 is 1. The quantitative estimate of drug-likeness (QED) is 0.874. The van der Waals surface area contributed by atoms with Gasteiger partial charge in [0.25, 0.3) is 0 Å². The fourth-order valence-electron chi connectivity index (χ4n) is 3.02. The number of nitrogens with two attached hydrogens (primary N) is 1. The van der Waals surface area contributed by atoms with Crippen LogP contribution in [0.15, 0.2) is 18.2 Å². The first kappa shape index (κ1) is 13.9. The molecule has 2 aromatic rings. The molecular formula is C15H21N5O. The van der Waals surface area contributed by atoms with Crippen LogP contribution in [0.2, 0.25) is 0 Å². The topological polar surface area (TPSA) is 78.8 Å². The molecular weight excluding hydrogens is 266 g/mol. The SMILES string of the molecule is COc1cc(N)cc(-c2nnnn2CC2CCCCC2)c1. The Kier molecular flexibility index (Phi) is 4.03. The van der Waals surface area contributed by atoms with Gasteiger partial charge in [-0.05, 0) is 41.3 Å². The van der Waals surface area contributed by atoms with Gasteiger partial charge in [0.15, 0.2) is 5.82 Å². The molecule has 6 heteroatoms. The van der Waals surface area contributed by atoms with Gasteiger partial charge in [-0.1, -0.05) is 19.3 Å². The summed E-state index contributed by atoms with van der Waals surface area (Å²) in [5.41, 5.74) is 7.46. The van der Waals surface area contributed by atoms with E-state index in [4.69, 9.17) is 10.5 Å². The van der Waals surface area contributed by atoms with Crippen LogP contribution < -0.4 is 10.5 Å². The molecule has 0 bridgehead atoms. The molecule has 2 N–H and O–H groups in total. The smallest absolute Gasteiger partial charge is 0.182 e. The highest BCUT2D eigenvalue weighted by atomic mass is 16.5. The van der Waals surface area contributed by atoms with E-state index < -0.39 is 0 Å². The monoisotopic (exact) mass is 287 g/mol. The van der Waals surface area contributed by atoms with E-state index in [0.717, 1.165) is 23.7 Å². The second-order valence-electron chi connectivity index (χ2n) is 5.68. The van der Waals surface area contributed by atoms with E-state index in [2.05, 4.69) is 15.5 Å². The molecule has 0 amide bonds. The van der Waals surface area contributed by atoms with Crippen molar-refractivity contribution in [1.82, 2.24) is 20.2 Å². The van der Waals surface area contributed by atoms with Gasteiger partial charge in [-0.15, -0.1) is 5.10 Å². The Morgan fingerprint density at radius 1 is 1.24 bits per heavy atom. The van der Waals surface area contributed by atoms with E-state index in [1.807, 2.05) is 16.8 Å². The minimum Gasteiger partial charge on any atom is -0.497 e. The van der Waals surface area contributed by atoms with E-state index in [9.17, 15) is 0 Å². The maximum atomic E-state index is 5.92. The Labute approximate surface area is 124 Å². The molecule has 112 valence electrons. The molecule has 0 unspecified atom stereocenters. The van der Waals surface area contributed by atoms with Gasteiger partial charge in [0.05, 0.1) is 7.11 Å². The van der Waals surface area contributed by atoms with Crippen LogP contribution in [0.4, 0.5) is 5.69 Å². The second-order valence-corrected chi connectivity index (χ2v) is 5.68. The fraction of sp³-hybridized carbons (Fsp3) is 0.533. The average Bonchev–Trinajstić information content (AvgIpc) is 2.96. The molecule has 21 heavy (non-hydrogen) atoms. The highest BCUT2D eigenvalue weighted by Crippen LogP contribution is 2.28. The van der Waals surface area contributed by atoms with E-state index >= 15 is 0 Å². The van der Waals surface area contributed by atoms with Gasteiger partial charge < -0.3 is 10.5 Å². The maximum absolute atomic E-state index is 5.92. The third-order valence-corrected chi connectivity index (χ3v) is 4.11. The highest BCUT2D eigenvalue weighted by molar-refractivity contribution is 5.64. The van der Waals surface area contributed by atoms with Crippen molar-refractivity contribution in [2.45, 2.75) is 38.6 Å². The molecule has 1 heterocycles. The molecule has 1 saturated carbocycles. The third kappa shape index (κ3) is 3.15. The van der Waals surface area contributed by atoms with Crippen molar-refractivity contribution in [3.05, 3.63) is 18.2 Å². The lowest BCUT2D eigenvalue weighted by Gasteiger charge is -2.21. The molecule has 1 aliphatic carbocycles. The Morgan fingerprint density at radius 2 is 2.05 bits per heavy atom. The Hall–Kier alpha value is -2.11.